The summed E-state index contributed by atoms with van der Waals surface area (Å²) < 4.78 is 0. The lowest BCUT2D eigenvalue weighted by atomic mass is 9.74. The first-order valence-electron chi connectivity index (χ1n) is 5.72. The highest BCUT2D eigenvalue weighted by molar-refractivity contribution is 4.89. The topological polar surface area (TPSA) is 46.2 Å². The quantitative estimate of drug-likeness (QED) is 0.600. The Morgan fingerprint density at radius 2 is 1.62 bits per heavy atom. The number of fused-ring (bicyclic) bond motifs is 1. The summed E-state index contributed by atoms with van der Waals surface area (Å²) in [6.07, 6.45) is 8.48. The molecule has 0 saturated heterocycles. The van der Waals surface area contributed by atoms with E-state index in [1.54, 1.807) is 0 Å². The lowest BCUT2D eigenvalue weighted by Gasteiger charge is -2.34. The molecule has 0 aliphatic heterocycles. The highest BCUT2D eigenvalue weighted by atomic mass is 16.3. The summed E-state index contributed by atoms with van der Waals surface area (Å²) in [5.74, 6) is 1.44. The van der Waals surface area contributed by atoms with Crippen molar-refractivity contribution >= 4 is 0 Å². The zero-order valence-electron chi connectivity index (χ0n) is 8.28. The number of hydrogen-bond acceptors (Lipinski definition) is 2. The lowest BCUT2D eigenvalue weighted by molar-refractivity contribution is 0.0926. The van der Waals surface area contributed by atoms with Gasteiger partial charge in [-0.2, -0.15) is 0 Å². The average Bonchev–Trinajstić information content (AvgIpc) is 2.29. The first kappa shape index (κ1) is 9.47. The summed E-state index contributed by atoms with van der Waals surface area (Å²) >= 11 is 0. The molecule has 2 aliphatic rings. The third kappa shape index (κ3) is 1.89. The summed E-state index contributed by atoms with van der Waals surface area (Å²) in [5.41, 5.74) is 6.08. The van der Waals surface area contributed by atoms with E-state index in [4.69, 9.17) is 5.73 Å². The highest BCUT2D eigenvalue weighted by Crippen LogP contribution is 2.38. The molecule has 0 bridgehead atoms. The van der Waals surface area contributed by atoms with Gasteiger partial charge in [-0.05, 0) is 24.7 Å². The number of aliphatic hydroxyl groups is 1. The molecule has 0 aromatic heterocycles. The van der Waals surface area contributed by atoms with Gasteiger partial charge in [0.25, 0.3) is 0 Å². The standard InChI is InChI=1S/C11H21NO/c12-11-9-6-2-1-4-8(9)5-3-7-10(11)13/h8-11,13H,1-7,12H2/t8-,9+,10-,11+/m0/s1. The van der Waals surface area contributed by atoms with Crippen molar-refractivity contribution in [3.63, 3.8) is 0 Å². The van der Waals surface area contributed by atoms with Crippen LogP contribution in [0.15, 0.2) is 0 Å². The Morgan fingerprint density at radius 1 is 0.923 bits per heavy atom. The van der Waals surface area contributed by atoms with Gasteiger partial charge in [0, 0.05) is 6.04 Å². The van der Waals surface area contributed by atoms with Crippen LogP contribution in [0.5, 0.6) is 0 Å². The van der Waals surface area contributed by atoms with Crippen LogP contribution in [0.1, 0.15) is 44.9 Å². The van der Waals surface area contributed by atoms with E-state index in [1.807, 2.05) is 0 Å². The zero-order chi connectivity index (χ0) is 9.26. The third-order valence-electron chi connectivity index (χ3n) is 3.98. The smallest absolute Gasteiger partial charge is 0.0693 e. The molecule has 2 nitrogen and oxygen atoms in total. The van der Waals surface area contributed by atoms with E-state index in [0.717, 1.165) is 12.3 Å². The van der Waals surface area contributed by atoms with Gasteiger partial charge >= 0.3 is 0 Å². The van der Waals surface area contributed by atoms with Crippen LogP contribution in [0.3, 0.4) is 0 Å². The second kappa shape index (κ2) is 3.97. The van der Waals surface area contributed by atoms with Crippen molar-refractivity contribution in [2.75, 3.05) is 0 Å². The molecule has 2 aliphatic carbocycles. The summed E-state index contributed by atoms with van der Waals surface area (Å²) in [6.45, 7) is 0. The van der Waals surface area contributed by atoms with Crippen LogP contribution in [0.25, 0.3) is 0 Å². The molecule has 0 radical (unpaired) electrons. The molecule has 2 heteroatoms. The molecule has 0 aromatic rings. The Hall–Kier alpha value is -0.0800. The maximum Gasteiger partial charge on any atom is 0.0693 e. The van der Waals surface area contributed by atoms with Crippen molar-refractivity contribution in [2.24, 2.45) is 17.6 Å². The fourth-order valence-corrected chi connectivity index (χ4v) is 3.17. The monoisotopic (exact) mass is 183 g/mol. The van der Waals surface area contributed by atoms with Crippen LogP contribution in [0, 0.1) is 11.8 Å². The largest absolute Gasteiger partial charge is 0.392 e. The first-order chi connectivity index (χ1) is 6.29. The van der Waals surface area contributed by atoms with Gasteiger partial charge in [-0.1, -0.05) is 32.1 Å². The van der Waals surface area contributed by atoms with Gasteiger partial charge in [-0.3, -0.25) is 0 Å². The van der Waals surface area contributed by atoms with Gasteiger partial charge < -0.3 is 10.8 Å². The molecule has 2 saturated carbocycles. The van der Waals surface area contributed by atoms with Gasteiger partial charge in [-0.25, -0.2) is 0 Å². The van der Waals surface area contributed by atoms with Crippen molar-refractivity contribution in [2.45, 2.75) is 57.1 Å². The Kier molecular flexibility index (Phi) is 2.89. The minimum absolute atomic E-state index is 0.0628. The number of hydrogen-bond donors (Lipinski definition) is 2. The molecule has 0 spiro atoms. The Bertz CT molecular complexity index is 169. The van der Waals surface area contributed by atoms with Gasteiger partial charge in [0.05, 0.1) is 6.10 Å². The van der Waals surface area contributed by atoms with E-state index in [9.17, 15) is 5.11 Å². The number of aliphatic hydroxyl groups excluding tert-OH is 1. The molecule has 0 aromatic carbocycles. The molecule has 3 N–H and O–H groups in total. The Morgan fingerprint density at radius 3 is 2.46 bits per heavy atom. The van der Waals surface area contributed by atoms with E-state index < -0.39 is 0 Å². The van der Waals surface area contributed by atoms with E-state index in [-0.39, 0.29) is 12.1 Å². The van der Waals surface area contributed by atoms with Crippen LogP contribution < -0.4 is 5.73 Å². The molecule has 13 heavy (non-hydrogen) atoms. The minimum Gasteiger partial charge on any atom is -0.392 e. The summed E-state index contributed by atoms with van der Waals surface area (Å²) in [4.78, 5) is 0. The Labute approximate surface area is 80.5 Å². The second-order valence-corrected chi connectivity index (χ2v) is 4.78. The molecular weight excluding hydrogens is 162 g/mol. The van der Waals surface area contributed by atoms with Gasteiger partial charge in [0.2, 0.25) is 0 Å². The van der Waals surface area contributed by atoms with Crippen LogP contribution in [-0.2, 0) is 0 Å². The fourth-order valence-electron chi connectivity index (χ4n) is 3.17. The highest BCUT2D eigenvalue weighted by Gasteiger charge is 2.35. The predicted octanol–water partition coefficient (Wildman–Crippen LogP) is 1.66. The van der Waals surface area contributed by atoms with Crippen LogP contribution >= 0.6 is 0 Å². The fraction of sp³-hybridized carbons (Fsp3) is 1.00. The van der Waals surface area contributed by atoms with Crippen molar-refractivity contribution in [1.29, 1.82) is 0 Å². The minimum atomic E-state index is -0.229. The van der Waals surface area contributed by atoms with E-state index in [1.165, 1.54) is 38.5 Å². The predicted molar refractivity (Wildman–Crippen MR) is 53.3 cm³/mol. The normalized spacial score (nSPS) is 46.6. The SMILES string of the molecule is N[C@@H]1[C@@H]2CCCC[C@H]2CCC[C@@H]1O. The molecule has 4 atom stereocenters. The first-order valence-corrected chi connectivity index (χ1v) is 5.72. The van der Waals surface area contributed by atoms with E-state index >= 15 is 0 Å². The van der Waals surface area contributed by atoms with Crippen LogP contribution in [0.4, 0.5) is 0 Å². The molecule has 2 fully saturated rings. The number of rotatable bonds is 0. The van der Waals surface area contributed by atoms with Crippen LogP contribution in [0.2, 0.25) is 0 Å². The lowest BCUT2D eigenvalue weighted by Crippen LogP contribution is -2.43. The van der Waals surface area contributed by atoms with Gasteiger partial charge in [0.1, 0.15) is 0 Å². The second-order valence-electron chi connectivity index (χ2n) is 4.78. The van der Waals surface area contributed by atoms with Crippen molar-refractivity contribution < 1.29 is 5.11 Å². The van der Waals surface area contributed by atoms with Crippen LogP contribution in [-0.4, -0.2) is 17.3 Å². The maximum atomic E-state index is 9.77. The zero-order valence-corrected chi connectivity index (χ0v) is 8.28. The molecule has 0 unspecified atom stereocenters. The summed E-state index contributed by atoms with van der Waals surface area (Å²) in [6, 6.07) is 0.0628. The maximum absolute atomic E-state index is 9.77. The summed E-state index contributed by atoms with van der Waals surface area (Å²) in [5, 5.41) is 9.77. The van der Waals surface area contributed by atoms with Gasteiger partial charge in [0.15, 0.2) is 0 Å². The third-order valence-corrected chi connectivity index (χ3v) is 3.98. The molecular formula is C11H21NO. The van der Waals surface area contributed by atoms with Gasteiger partial charge in [-0.15, -0.1) is 0 Å². The van der Waals surface area contributed by atoms with E-state index in [2.05, 4.69) is 0 Å². The van der Waals surface area contributed by atoms with Crippen molar-refractivity contribution in [3.8, 4) is 0 Å². The molecule has 2 rings (SSSR count). The Balaban J connectivity index is 2.06. The molecule has 0 amide bonds. The summed E-state index contributed by atoms with van der Waals surface area (Å²) in [7, 11) is 0. The number of nitrogens with two attached hydrogens (primary N) is 1. The molecule has 0 heterocycles. The van der Waals surface area contributed by atoms with Crippen molar-refractivity contribution in [1.82, 2.24) is 0 Å². The van der Waals surface area contributed by atoms with E-state index in [0.29, 0.717) is 5.92 Å². The molecule has 76 valence electrons. The average molecular weight is 183 g/mol. The van der Waals surface area contributed by atoms with Crippen molar-refractivity contribution in [3.05, 3.63) is 0 Å².